The molecule has 2 aromatic heterocycles. The molecule has 0 saturated carbocycles. The first kappa shape index (κ1) is 32.7. The van der Waals surface area contributed by atoms with Crippen LogP contribution in [0.2, 0.25) is 0 Å². The van der Waals surface area contributed by atoms with Crippen molar-refractivity contribution in [3.05, 3.63) is 142 Å². The summed E-state index contributed by atoms with van der Waals surface area (Å²) in [7, 11) is 2.37. The molecule has 0 aliphatic heterocycles. The minimum absolute atomic E-state index is 0.0893. The summed E-state index contributed by atoms with van der Waals surface area (Å²) in [5.41, 5.74) is 2.88. The number of ether oxygens (including phenoxy) is 2. The summed E-state index contributed by atoms with van der Waals surface area (Å²) in [6, 6.07) is 26.4. The lowest BCUT2D eigenvalue weighted by atomic mass is 10.0. The highest BCUT2D eigenvalue weighted by molar-refractivity contribution is 8.76. The summed E-state index contributed by atoms with van der Waals surface area (Å²) in [5.74, 6) is -0.546. The zero-order valence-corrected chi connectivity index (χ0v) is 27.4. The van der Waals surface area contributed by atoms with Crippen molar-refractivity contribution in [1.82, 2.24) is 19.6 Å². The van der Waals surface area contributed by atoms with Gasteiger partial charge in [-0.15, -0.1) is 0 Å². The predicted octanol–water partition coefficient (Wildman–Crippen LogP) is 7.99. The monoisotopic (exact) mass is 682 g/mol. The standard InChI is InChI=1S/C36H28F2N4O4S2/c1-3-45-33-31(21-39-41(35(33)43)29-11-7-5-9-27(29)23-13-17-25(37)18-14-23)47-48-32-22-40-42(36(44)34(32)46-4-2)30-12-8-6-10-28(30)24-15-19-26(38)20-16-24/h5-22H,3-4H2,1-2H3. The molecule has 0 fully saturated rings. The van der Waals surface area contributed by atoms with Crippen LogP contribution in [-0.4, -0.2) is 32.8 Å². The van der Waals surface area contributed by atoms with E-state index in [0.29, 0.717) is 32.3 Å². The number of para-hydroxylation sites is 2. The molecule has 4 aromatic carbocycles. The van der Waals surface area contributed by atoms with Gasteiger partial charge < -0.3 is 9.47 Å². The second kappa shape index (κ2) is 14.7. The lowest BCUT2D eigenvalue weighted by Crippen LogP contribution is -2.24. The van der Waals surface area contributed by atoms with Crippen LogP contribution < -0.4 is 20.6 Å². The molecule has 0 saturated heterocycles. The molecular formula is C36H28F2N4O4S2. The molecule has 0 N–H and O–H groups in total. The van der Waals surface area contributed by atoms with Crippen molar-refractivity contribution in [3.63, 3.8) is 0 Å². The van der Waals surface area contributed by atoms with E-state index in [-0.39, 0.29) is 36.3 Å². The van der Waals surface area contributed by atoms with E-state index < -0.39 is 11.1 Å². The summed E-state index contributed by atoms with van der Waals surface area (Å²) in [6.07, 6.45) is 3.05. The molecule has 0 aliphatic rings. The number of halogens is 2. The average molecular weight is 683 g/mol. The molecule has 242 valence electrons. The van der Waals surface area contributed by atoms with E-state index in [1.165, 1.54) is 67.6 Å². The lowest BCUT2D eigenvalue weighted by Gasteiger charge is -2.16. The van der Waals surface area contributed by atoms with Crippen molar-refractivity contribution >= 4 is 21.6 Å². The van der Waals surface area contributed by atoms with Gasteiger partial charge in [0.25, 0.3) is 0 Å². The Morgan fingerprint density at radius 2 is 0.958 bits per heavy atom. The summed E-state index contributed by atoms with van der Waals surface area (Å²) in [5, 5.41) is 8.92. The van der Waals surface area contributed by atoms with Crippen LogP contribution in [0.25, 0.3) is 33.6 Å². The third-order valence-corrected chi connectivity index (χ3v) is 9.53. The van der Waals surface area contributed by atoms with Crippen LogP contribution in [0.3, 0.4) is 0 Å². The Hall–Kier alpha value is -5.20. The fourth-order valence-corrected chi connectivity index (χ4v) is 7.07. The first-order valence-corrected chi connectivity index (χ1v) is 17.1. The quantitative estimate of drug-likeness (QED) is 0.127. The Bertz CT molecular complexity index is 2030. The molecule has 0 bridgehead atoms. The van der Waals surface area contributed by atoms with Crippen LogP contribution in [0.15, 0.2) is 129 Å². The molecule has 2 heterocycles. The number of hydrogen-bond donors (Lipinski definition) is 0. The Kier molecular flexibility index (Phi) is 10.0. The topological polar surface area (TPSA) is 88.2 Å². The average Bonchev–Trinajstić information content (AvgIpc) is 3.11. The maximum absolute atomic E-state index is 13.8. The maximum Gasteiger partial charge on any atom is 0.315 e. The van der Waals surface area contributed by atoms with Gasteiger partial charge in [0.2, 0.25) is 11.5 Å². The predicted molar refractivity (Wildman–Crippen MR) is 185 cm³/mol. The second-order valence-corrected chi connectivity index (χ2v) is 12.4. The Labute approximate surface area is 282 Å². The van der Waals surface area contributed by atoms with Crippen molar-refractivity contribution in [3.8, 4) is 45.1 Å². The number of nitrogens with zero attached hydrogens (tertiary/aromatic N) is 4. The zero-order chi connectivity index (χ0) is 33.6. The van der Waals surface area contributed by atoms with Crippen LogP contribution >= 0.6 is 21.6 Å². The highest BCUT2D eigenvalue weighted by Gasteiger charge is 2.21. The van der Waals surface area contributed by atoms with E-state index in [9.17, 15) is 18.4 Å². The molecule has 48 heavy (non-hydrogen) atoms. The van der Waals surface area contributed by atoms with Crippen molar-refractivity contribution in [1.29, 1.82) is 0 Å². The highest BCUT2D eigenvalue weighted by atomic mass is 33.1. The van der Waals surface area contributed by atoms with E-state index in [0.717, 1.165) is 11.1 Å². The Balaban J connectivity index is 1.34. The van der Waals surface area contributed by atoms with Gasteiger partial charge in [-0.05, 0) is 83.0 Å². The first-order valence-electron chi connectivity index (χ1n) is 14.9. The normalized spacial score (nSPS) is 11.0. The summed E-state index contributed by atoms with van der Waals surface area (Å²) < 4.78 is 41.4. The molecule has 6 aromatic rings. The summed E-state index contributed by atoms with van der Waals surface area (Å²) in [6.45, 7) is 4.01. The Morgan fingerprint density at radius 1 is 0.583 bits per heavy atom. The van der Waals surface area contributed by atoms with Gasteiger partial charge in [-0.3, -0.25) is 9.59 Å². The fraction of sp³-hybridized carbons (Fsp3) is 0.111. The van der Waals surface area contributed by atoms with Crippen molar-refractivity contribution < 1.29 is 18.3 Å². The van der Waals surface area contributed by atoms with Crippen molar-refractivity contribution in [2.24, 2.45) is 0 Å². The van der Waals surface area contributed by atoms with E-state index in [4.69, 9.17) is 9.47 Å². The van der Waals surface area contributed by atoms with Gasteiger partial charge in [-0.2, -0.15) is 19.6 Å². The van der Waals surface area contributed by atoms with Crippen LogP contribution in [0.1, 0.15) is 13.8 Å². The first-order chi connectivity index (χ1) is 23.4. The molecule has 0 atom stereocenters. The zero-order valence-electron chi connectivity index (χ0n) is 25.8. The van der Waals surface area contributed by atoms with Crippen molar-refractivity contribution in [2.75, 3.05) is 13.2 Å². The van der Waals surface area contributed by atoms with Gasteiger partial charge in [0, 0.05) is 11.1 Å². The fourth-order valence-electron chi connectivity index (χ4n) is 5.02. The van der Waals surface area contributed by atoms with E-state index >= 15 is 0 Å². The number of rotatable bonds is 11. The van der Waals surface area contributed by atoms with Crippen molar-refractivity contribution in [2.45, 2.75) is 23.6 Å². The third-order valence-electron chi connectivity index (χ3n) is 7.18. The molecule has 8 nitrogen and oxygen atoms in total. The number of benzene rings is 4. The molecule has 12 heteroatoms. The van der Waals surface area contributed by atoms with E-state index in [2.05, 4.69) is 10.2 Å². The van der Waals surface area contributed by atoms with E-state index in [1.807, 2.05) is 24.3 Å². The molecule has 0 radical (unpaired) electrons. The Morgan fingerprint density at radius 3 is 1.33 bits per heavy atom. The molecule has 0 unspecified atom stereocenters. The van der Waals surface area contributed by atoms with Gasteiger partial charge in [0.05, 0.1) is 46.8 Å². The van der Waals surface area contributed by atoms with Gasteiger partial charge in [-0.25, -0.2) is 8.78 Å². The summed E-state index contributed by atoms with van der Waals surface area (Å²) >= 11 is 0. The highest BCUT2D eigenvalue weighted by Crippen LogP contribution is 2.43. The van der Waals surface area contributed by atoms with Crippen LogP contribution in [0, 0.1) is 11.6 Å². The lowest BCUT2D eigenvalue weighted by molar-refractivity contribution is 0.323. The van der Waals surface area contributed by atoms with Crippen LogP contribution in [0.4, 0.5) is 8.78 Å². The largest absolute Gasteiger partial charge is 0.487 e. The molecule has 6 rings (SSSR count). The maximum atomic E-state index is 13.8. The third kappa shape index (κ3) is 6.76. The van der Waals surface area contributed by atoms with Crippen LogP contribution in [0.5, 0.6) is 11.5 Å². The molecule has 0 aliphatic carbocycles. The second-order valence-electron chi connectivity index (χ2n) is 10.2. The van der Waals surface area contributed by atoms with Gasteiger partial charge in [0.15, 0.2) is 0 Å². The van der Waals surface area contributed by atoms with E-state index in [1.54, 1.807) is 62.4 Å². The number of hydrogen-bond acceptors (Lipinski definition) is 8. The van der Waals surface area contributed by atoms with Gasteiger partial charge in [-0.1, -0.05) is 60.7 Å². The molecular weight excluding hydrogens is 655 g/mol. The smallest absolute Gasteiger partial charge is 0.315 e. The molecule has 0 amide bonds. The van der Waals surface area contributed by atoms with Gasteiger partial charge >= 0.3 is 11.1 Å². The number of aromatic nitrogens is 4. The van der Waals surface area contributed by atoms with Gasteiger partial charge in [0.1, 0.15) is 11.6 Å². The SMILES string of the molecule is CCOc1c(SSc2cnn(-c3ccccc3-c3ccc(F)cc3)c(=O)c2OCC)cnn(-c2ccccc2-c2ccc(F)cc2)c1=O. The molecule has 0 spiro atoms. The summed E-state index contributed by atoms with van der Waals surface area (Å²) in [4.78, 5) is 28.5. The minimum Gasteiger partial charge on any atom is -0.487 e. The van der Waals surface area contributed by atoms with Crippen LogP contribution in [-0.2, 0) is 0 Å². The minimum atomic E-state index is -0.479.